The second-order valence-electron chi connectivity index (χ2n) is 6.80. The molecule has 7 heteroatoms. The zero-order chi connectivity index (χ0) is 16.5. The molecule has 0 bridgehead atoms. The van der Waals surface area contributed by atoms with Crippen LogP contribution in [0.1, 0.15) is 29.9 Å². The summed E-state index contributed by atoms with van der Waals surface area (Å²) in [6.45, 7) is 8.16. The molecule has 0 radical (unpaired) electrons. The molecule has 24 heavy (non-hydrogen) atoms. The minimum absolute atomic E-state index is 0.625. The Kier molecular flexibility index (Phi) is 4.02. The van der Waals surface area contributed by atoms with Crippen LogP contribution >= 0.6 is 0 Å². The maximum Gasteiger partial charge on any atom is 0.234 e. The number of nitrogens with zero attached hydrogens (tertiary/aromatic N) is 7. The third-order valence-corrected chi connectivity index (χ3v) is 4.71. The molecule has 0 N–H and O–H groups in total. The maximum absolute atomic E-state index is 4.71. The molecule has 0 saturated carbocycles. The van der Waals surface area contributed by atoms with Crippen LogP contribution in [-0.4, -0.2) is 47.1 Å². The third-order valence-electron chi connectivity index (χ3n) is 4.71. The smallest absolute Gasteiger partial charge is 0.234 e. The molecule has 4 rings (SSSR count). The van der Waals surface area contributed by atoms with Gasteiger partial charge in [0.25, 0.3) is 0 Å². The van der Waals surface area contributed by atoms with Gasteiger partial charge in [0.05, 0.1) is 5.69 Å². The highest BCUT2D eigenvalue weighted by molar-refractivity contribution is 5.34. The summed E-state index contributed by atoms with van der Waals surface area (Å²) < 4.78 is 4.02. The zero-order valence-corrected chi connectivity index (χ0v) is 14.3. The summed E-state index contributed by atoms with van der Waals surface area (Å²) in [5.41, 5.74) is 3.29. The molecular weight excluding hydrogens is 302 g/mol. The molecule has 0 spiro atoms. The standard InChI is InChI=1S/C17H23N7/c1-13-6-14(2)24-10-16(21-17(24)20-13)9-22-5-3-4-15(7-22)8-23-12-18-11-19-23/h6,10-12,15H,3-5,7-9H2,1-2H3. The van der Waals surface area contributed by atoms with Crippen LogP contribution in [-0.2, 0) is 13.1 Å². The summed E-state index contributed by atoms with van der Waals surface area (Å²) in [5.74, 6) is 1.43. The molecule has 4 heterocycles. The van der Waals surface area contributed by atoms with E-state index in [9.17, 15) is 0 Å². The quantitative estimate of drug-likeness (QED) is 0.732. The topological polar surface area (TPSA) is 64.1 Å². The Balaban J connectivity index is 1.45. The first-order valence-corrected chi connectivity index (χ1v) is 8.54. The van der Waals surface area contributed by atoms with E-state index < -0.39 is 0 Å². The first kappa shape index (κ1) is 15.3. The van der Waals surface area contributed by atoms with E-state index in [1.165, 1.54) is 18.5 Å². The summed E-state index contributed by atoms with van der Waals surface area (Å²) in [7, 11) is 0. The van der Waals surface area contributed by atoms with Crippen molar-refractivity contribution in [1.82, 2.24) is 34.0 Å². The molecule has 1 saturated heterocycles. The number of piperidine rings is 1. The third kappa shape index (κ3) is 3.17. The zero-order valence-electron chi connectivity index (χ0n) is 14.3. The first-order chi connectivity index (χ1) is 11.7. The highest BCUT2D eigenvalue weighted by Crippen LogP contribution is 2.20. The summed E-state index contributed by atoms with van der Waals surface area (Å²) in [4.78, 5) is 15.8. The minimum Gasteiger partial charge on any atom is -0.297 e. The van der Waals surface area contributed by atoms with Gasteiger partial charge in [-0.1, -0.05) is 0 Å². The van der Waals surface area contributed by atoms with E-state index >= 15 is 0 Å². The lowest BCUT2D eigenvalue weighted by Gasteiger charge is -2.32. The van der Waals surface area contributed by atoms with Gasteiger partial charge in [-0.3, -0.25) is 14.0 Å². The number of aryl methyl sites for hydroxylation is 2. The predicted octanol–water partition coefficient (Wildman–Crippen LogP) is 1.85. The largest absolute Gasteiger partial charge is 0.297 e. The fraction of sp³-hybridized carbons (Fsp3) is 0.529. The van der Waals surface area contributed by atoms with Crippen molar-refractivity contribution in [3.8, 4) is 0 Å². The van der Waals surface area contributed by atoms with Crippen LogP contribution in [0.4, 0.5) is 0 Å². The lowest BCUT2D eigenvalue weighted by atomic mass is 9.98. The molecule has 0 aromatic carbocycles. The monoisotopic (exact) mass is 325 g/mol. The van der Waals surface area contributed by atoms with E-state index in [0.29, 0.717) is 5.92 Å². The summed E-state index contributed by atoms with van der Waals surface area (Å²) in [6.07, 6.45) is 8.01. The van der Waals surface area contributed by atoms with Crippen LogP contribution in [0.15, 0.2) is 24.9 Å². The number of imidazole rings is 1. The number of hydrogen-bond donors (Lipinski definition) is 0. The van der Waals surface area contributed by atoms with Crippen molar-refractivity contribution < 1.29 is 0 Å². The van der Waals surface area contributed by atoms with Gasteiger partial charge in [-0.15, -0.1) is 0 Å². The summed E-state index contributed by atoms with van der Waals surface area (Å²) in [6, 6.07) is 2.09. The Bertz CT molecular complexity index is 821. The Hall–Kier alpha value is -2.28. The molecule has 0 aliphatic carbocycles. The Morgan fingerprint density at radius 1 is 1.25 bits per heavy atom. The van der Waals surface area contributed by atoms with E-state index in [-0.39, 0.29) is 0 Å². The van der Waals surface area contributed by atoms with Gasteiger partial charge in [-0.05, 0) is 45.2 Å². The number of fused-ring (bicyclic) bond motifs is 1. The van der Waals surface area contributed by atoms with Gasteiger partial charge < -0.3 is 0 Å². The SMILES string of the molecule is Cc1cc(C)n2cc(CN3CCCC(Cn4cncn4)C3)nc2n1. The van der Waals surface area contributed by atoms with Gasteiger partial charge in [0.1, 0.15) is 12.7 Å². The van der Waals surface area contributed by atoms with Crippen LogP contribution in [0.2, 0.25) is 0 Å². The van der Waals surface area contributed by atoms with Gasteiger partial charge in [-0.2, -0.15) is 5.10 Å². The lowest BCUT2D eigenvalue weighted by molar-refractivity contribution is 0.152. The first-order valence-electron chi connectivity index (χ1n) is 8.54. The molecule has 3 aromatic heterocycles. The van der Waals surface area contributed by atoms with Crippen molar-refractivity contribution in [2.24, 2.45) is 5.92 Å². The molecule has 0 amide bonds. The molecule has 126 valence electrons. The summed E-state index contributed by atoms with van der Waals surface area (Å²) >= 11 is 0. The molecule has 3 aromatic rings. The van der Waals surface area contributed by atoms with E-state index in [2.05, 4.69) is 43.6 Å². The molecule has 1 atom stereocenters. The van der Waals surface area contributed by atoms with Crippen molar-refractivity contribution in [2.75, 3.05) is 13.1 Å². The van der Waals surface area contributed by atoms with Crippen LogP contribution < -0.4 is 0 Å². The van der Waals surface area contributed by atoms with Crippen molar-refractivity contribution in [1.29, 1.82) is 0 Å². The lowest BCUT2D eigenvalue weighted by Crippen LogP contribution is -2.36. The Morgan fingerprint density at radius 2 is 2.17 bits per heavy atom. The van der Waals surface area contributed by atoms with Crippen molar-refractivity contribution in [3.05, 3.63) is 42.0 Å². The minimum atomic E-state index is 0.625. The van der Waals surface area contributed by atoms with Crippen molar-refractivity contribution >= 4 is 5.78 Å². The second kappa shape index (κ2) is 6.32. The molecule has 1 aliphatic heterocycles. The number of likely N-dealkylation sites (tertiary alicyclic amines) is 1. The van der Waals surface area contributed by atoms with Crippen LogP contribution in [0.3, 0.4) is 0 Å². The van der Waals surface area contributed by atoms with E-state index in [0.717, 1.165) is 43.3 Å². The molecular formula is C17H23N7. The predicted molar refractivity (Wildman–Crippen MR) is 90.5 cm³/mol. The number of hydrogen-bond acceptors (Lipinski definition) is 5. The highest BCUT2D eigenvalue weighted by atomic mass is 15.3. The van der Waals surface area contributed by atoms with Gasteiger partial charge >= 0.3 is 0 Å². The molecule has 1 aliphatic rings. The average Bonchev–Trinajstić information content (AvgIpc) is 3.17. The fourth-order valence-electron chi connectivity index (χ4n) is 3.66. The van der Waals surface area contributed by atoms with E-state index in [4.69, 9.17) is 4.98 Å². The van der Waals surface area contributed by atoms with Gasteiger partial charge in [0.2, 0.25) is 5.78 Å². The van der Waals surface area contributed by atoms with Crippen molar-refractivity contribution in [3.63, 3.8) is 0 Å². The van der Waals surface area contributed by atoms with Crippen LogP contribution in [0.25, 0.3) is 5.78 Å². The maximum atomic E-state index is 4.71. The number of aromatic nitrogens is 6. The Morgan fingerprint density at radius 3 is 3.00 bits per heavy atom. The summed E-state index contributed by atoms with van der Waals surface area (Å²) in [5, 5.41) is 4.23. The normalized spacial score (nSPS) is 19.2. The highest BCUT2D eigenvalue weighted by Gasteiger charge is 2.21. The number of rotatable bonds is 4. The fourth-order valence-corrected chi connectivity index (χ4v) is 3.66. The van der Waals surface area contributed by atoms with Crippen molar-refractivity contribution in [2.45, 2.75) is 39.8 Å². The second-order valence-corrected chi connectivity index (χ2v) is 6.80. The average molecular weight is 325 g/mol. The van der Waals surface area contributed by atoms with Crippen LogP contribution in [0, 0.1) is 19.8 Å². The van der Waals surface area contributed by atoms with Gasteiger partial charge in [-0.25, -0.2) is 15.0 Å². The van der Waals surface area contributed by atoms with E-state index in [1.807, 2.05) is 11.6 Å². The molecule has 1 fully saturated rings. The van der Waals surface area contributed by atoms with E-state index in [1.54, 1.807) is 12.7 Å². The van der Waals surface area contributed by atoms with Crippen LogP contribution in [0.5, 0.6) is 0 Å². The molecule has 1 unspecified atom stereocenters. The molecule has 7 nitrogen and oxygen atoms in total. The van der Waals surface area contributed by atoms with Gasteiger partial charge in [0.15, 0.2) is 0 Å². The Labute approximate surface area is 141 Å². The van der Waals surface area contributed by atoms with Gasteiger partial charge in [0, 0.05) is 37.2 Å².